The number of hydrogen-bond donors (Lipinski definition) is 1. The molecule has 1 amide bonds. The molecule has 4 rings (SSSR count). The van der Waals surface area contributed by atoms with Crippen LogP contribution in [0.5, 0.6) is 0 Å². The predicted molar refractivity (Wildman–Crippen MR) is 139 cm³/mol. The summed E-state index contributed by atoms with van der Waals surface area (Å²) in [6.07, 6.45) is 6.07. The Kier molecular flexibility index (Phi) is 7.48. The van der Waals surface area contributed by atoms with Gasteiger partial charge in [-0.3, -0.25) is 4.79 Å². The molecule has 7 nitrogen and oxygen atoms in total. The van der Waals surface area contributed by atoms with E-state index in [1.54, 1.807) is 16.4 Å². The van der Waals surface area contributed by atoms with Crippen LogP contribution in [0.15, 0.2) is 41.3 Å². The zero-order valence-electron chi connectivity index (χ0n) is 20.5. The Labute approximate surface area is 203 Å². The lowest BCUT2D eigenvalue weighted by Crippen LogP contribution is -2.37. The Morgan fingerprint density at radius 1 is 0.882 bits per heavy atom. The van der Waals surface area contributed by atoms with Crippen molar-refractivity contribution in [2.24, 2.45) is 0 Å². The zero-order chi connectivity index (χ0) is 24.3. The summed E-state index contributed by atoms with van der Waals surface area (Å²) < 4.78 is 29.0. The van der Waals surface area contributed by atoms with Crippen LogP contribution in [0, 0.1) is 6.92 Å². The molecular formula is C26H36N4O3S. The third-order valence-corrected chi connectivity index (χ3v) is 8.75. The normalized spacial score (nSPS) is 17.4. The minimum absolute atomic E-state index is 0.253. The van der Waals surface area contributed by atoms with Crippen molar-refractivity contribution in [3.8, 4) is 0 Å². The number of nitrogens with zero attached hydrogens (tertiary/aromatic N) is 3. The number of carbonyl (C=O) groups is 1. The van der Waals surface area contributed by atoms with Crippen molar-refractivity contribution in [3.63, 3.8) is 0 Å². The average Bonchev–Trinajstić information content (AvgIpc) is 2.85. The molecule has 2 aliphatic rings. The Morgan fingerprint density at radius 2 is 1.53 bits per heavy atom. The summed E-state index contributed by atoms with van der Waals surface area (Å²) in [5.74, 6) is -0.305. The summed E-state index contributed by atoms with van der Waals surface area (Å²) in [6, 6.07) is 11.0. The molecule has 1 N–H and O–H groups in total. The second kappa shape index (κ2) is 10.4. The van der Waals surface area contributed by atoms with Gasteiger partial charge in [0.05, 0.1) is 5.69 Å². The van der Waals surface area contributed by atoms with Gasteiger partial charge < -0.3 is 15.1 Å². The van der Waals surface area contributed by atoms with E-state index in [1.165, 1.54) is 0 Å². The van der Waals surface area contributed by atoms with Crippen LogP contribution in [0.2, 0.25) is 0 Å². The lowest BCUT2D eigenvalue weighted by molar-refractivity contribution is 0.102. The van der Waals surface area contributed by atoms with Gasteiger partial charge in [0, 0.05) is 57.2 Å². The average molecular weight is 485 g/mol. The summed E-state index contributed by atoms with van der Waals surface area (Å²) >= 11 is 0. The summed E-state index contributed by atoms with van der Waals surface area (Å²) in [4.78, 5) is 17.6. The number of sulfonamides is 1. The van der Waals surface area contributed by atoms with Gasteiger partial charge in [0.15, 0.2) is 0 Å². The number of hydrogen-bond acceptors (Lipinski definition) is 5. The molecule has 2 aromatic carbocycles. The van der Waals surface area contributed by atoms with Gasteiger partial charge in [-0.15, -0.1) is 0 Å². The quantitative estimate of drug-likeness (QED) is 0.655. The maximum absolute atomic E-state index is 13.7. The number of aryl methyl sites for hydroxylation is 1. The third-order valence-electron chi connectivity index (χ3n) is 6.83. The number of amides is 1. The largest absolute Gasteiger partial charge is 0.378 e. The van der Waals surface area contributed by atoms with Crippen molar-refractivity contribution in [2.45, 2.75) is 50.3 Å². The van der Waals surface area contributed by atoms with Gasteiger partial charge in [-0.2, -0.15) is 4.31 Å². The van der Waals surface area contributed by atoms with Gasteiger partial charge in [-0.1, -0.05) is 6.42 Å². The molecule has 0 bridgehead atoms. The molecule has 0 aliphatic carbocycles. The molecule has 34 heavy (non-hydrogen) atoms. The molecular weight excluding hydrogens is 448 g/mol. The van der Waals surface area contributed by atoms with Gasteiger partial charge in [-0.05, 0) is 81.0 Å². The molecule has 2 heterocycles. The molecule has 0 radical (unpaired) electrons. The Bertz CT molecular complexity index is 1130. The fourth-order valence-corrected chi connectivity index (χ4v) is 6.52. The number of piperidine rings is 2. The van der Waals surface area contributed by atoms with Gasteiger partial charge in [0.25, 0.3) is 5.91 Å². The number of benzene rings is 2. The molecule has 2 aromatic rings. The molecule has 0 aromatic heterocycles. The van der Waals surface area contributed by atoms with E-state index in [4.69, 9.17) is 0 Å². The van der Waals surface area contributed by atoms with Crippen molar-refractivity contribution in [2.75, 3.05) is 55.4 Å². The van der Waals surface area contributed by atoms with Crippen LogP contribution < -0.4 is 15.1 Å². The minimum atomic E-state index is -3.69. The zero-order valence-corrected chi connectivity index (χ0v) is 21.3. The summed E-state index contributed by atoms with van der Waals surface area (Å²) in [7, 11) is 0.259. The molecule has 2 saturated heterocycles. The highest BCUT2D eigenvalue weighted by Gasteiger charge is 2.31. The standard InChI is InChI=1S/C26H36N4O3S/c1-20-18-22(28(2)3)11-12-23(20)27-26(31)21-10-13-24(29-14-6-4-7-15-29)25(19-21)34(32,33)30-16-8-5-9-17-30/h10-13,18-19H,4-9,14-17H2,1-3H3,(H,27,31). The number of nitrogens with one attached hydrogen (secondary N) is 1. The lowest BCUT2D eigenvalue weighted by atomic mass is 10.1. The Hall–Kier alpha value is -2.58. The van der Waals surface area contributed by atoms with Crippen molar-refractivity contribution in [3.05, 3.63) is 47.5 Å². The van der Waals surface area contributed by atoms with Gasteiger partial charge >= 0.3 is 0 Å². The fraction of sp³-hybridized carbons (Fsp3) is 0.500. The number of carbonyl (C=O) groups excluding carboxylic acids is 1. The van der Waals surface area contributed by atoms with E-state index in [-0.39, 0.29) is 10.8 Å². The highest BCUT2D eigenvalue weighted by atomic mass is 32.2. The van der Waals surface area contributed by atoms with Crippen LogP contribution in [0.25, 0.3) is 0 Å². The number of rotatable bonds is 6. The lowest BCUT2D eigenvalue weighted by Gasteiger charge is -2.33. The topological polar surface area (TPSA) is 73.0 Å². The molecule has 0 saturated carbocycles. The summed E-state index contributed by atoms with van der Waals surface area (Å²) in [5, 5.41) is 2.97. The van der Waals surface area contributed by atoms with E-state index < -0.39 is 10.0 Å². The maximum Gasteiger partial charge on any atom is 0.255 e. The second-order valence-electron chi connectivity index (χ2n) is 9.54. The predicted octanol–water partition coefficient (Wildman–Crippen LogP) is 4.48. The number of anilines is 3. The van der Waals surface area contributed by atoms with Gasteiger partial charge in [0.1, 0.15) is 4.90 Å². The second-order valence-corrected chi connectivity index (χ2v) is 11.4. The molecule has 184 valence electrons. The molecule has 0 spiro atoms. The monoisotopic (exact) mass is 484 g/mol. The molecule has 0 atom stereocenters. The fourth-order valence-electron chi connectivity index (χ4n) is 4.76. The smallest absolute Gasteiger partial charge is 0.255 e. The molecule has 8 heteroatoms. The first-order chi connectivity index (χ1) is 16.3. The first kappa shape index (κ1) is 24.5. The first-order valence-corrected chi connectivity index (χ1v) is 13.7. The highest BCUT2D eigenvalue weighted by molar-refractivity contribution is 7.89. The van der Waals surface area contributed by atoms with E-state index in [0.29, 0.717) is 24.3 Å². The first-order valence-electron chi connectivity index (χ1n) is 12.3. The molecule has 0 unspecified atom stereocenters. The van der Waals surface area contributed by atoms with Crippen LogP contribution in [-0.2, 0) is 10.0 Å². The van der Waals surface area contributed by atoms with Crippen LogP contribution in [0.3, 0.4) is 0 Å². The van der Waals surface area contributed by atoms with Gasteiger partial charge in [-0.25, -0.2) is 8.42 Å². The van der Waals surface area contributed by atoms with Crippen molar-refractivity contribution in [1.82, 2.24) is 4.31 Å². The van der Waals surface area contributed by atoms with Crippen molar-refractivity contribution < 1.29 is 13.2 Å². The van der Waals surface area contributed by atoms with E-state index in [0.717, 1.165) is 68.6 Å². The summed E-state index contributed by atoms with van der Waals surface area (Å²) in [5.41, 5.74) is 3.79. The van der Waals surface area contributed by atoms with E-state index in [9.17, 15) is 13.2 Å². The minimum Gasteiger partial charge on any atom is -0.378 e. The maximum atomic E-state index is 13.7. The Morgan fingerprint density at radius 3 is 2.15 bits per heavy atom. The molecule has 2 fully saturated rings. The van der Waals surface area contributed by atoms with Crippen LogP contribution in [0.1, 0.15) is 54.4 Å². The van der Waals surface area contributed by atoms with Gasteiger partial charge in [0.2, 0.25) is 10.0 Å². The van der Waals surface area contributed by atoms with Crippen LogP contribution >= 0.6 is 0 Å². The Balaban J connectivity index is 1.67. The van der Waals surface area contributed by atoms with Crippen LogP contribution in [-0.4, -0.2) is 58.9 Å². The van der Waals surface area contributed by atoms with Crippen LogP contribution in [0.4, 0.5) is 17.1 Å². The van der Waals surface area contributed by atoms with E-state index in [1.807, 2.05) is 50.2 Å². The SMILES string of the molecule is Cc1cc(N(C)C)ccc1NC(=O)c1ccc(N2CCCCC2)c(S(=O)(=O)N2CCCCC2)c1. The summed E-state index contributed by atoms with van der Waals surface area (Å²) in [6.45, 7) is 4.70. The van der Waals surface area contributed by atoms with E-state index >= 15 is 0 Å². The molecule has 2 aliphatic heterocycles. The van der Waals surface area contributed by atoms with E-state index in [2.05, 4.69) is 10.2 Å². The third kappa shape index (κ3) is 5.23. The van der Waals surface area contributed by atoms with Crippen molar-refractivity contribution in [1.29, 1.82) is 0 Å². The highest BCUT2D eigenvalue weighted by Crippen LogP contribution is 2.33. The van der Waals surface area contributed by atoms with Crippen molar-refractivity contribution >= 4 is 33.0 Å².